The summed E-state index contributed by atoms with van der Waals surface area (Å²) in [5, 5.41) is 7.74. The Balaban J connectivity index is 1.87. The summed E-state index contributed by atoms with van der Waals surface area (Å²) >= 11 is 3.33. The minimum atomic E-state index is -0.0417. The van der Waals surface area contributed by atoms with E-state index in [4.69, 9.17) is 0 Å². The average molecular weight is 412 g/mol. The molecule has 2 aromatic heterocycles. The molecule has 1 aliphatic heterocycles. The van der Waals surface area contributed by atoms with Crippen molar-refractivity contribution >= 4 is 35.2 Å². The van der Waals surface area contributed by atoms with Gasteiger partial charge in [0.25, 0.3) is 5.95 Å². The van der Waals surface area contributed by atoms with Crippen LogP contribution in [0, 0.1) is 20.8 Å². The fourth-order valence-electron chi connectivity index (χ4n) is 3.37. The smallest absolute Gasteiger partial charge is 0.252 e. The largest absolute Gasteiger partial charge is 0.309 e. The molecule has 28 heavy (non-hydrogen) atoms. The van der Waals surface area contributed by atoms with Gasteiger partial charge in [-0.2, -0.15) is 9.78 Å². The monoisotopic (exact) mass is 411 g/mol. The number of aromatic nitrogens is 4. The second-order valence-corrected chi connectivity index (χ2v) is 8.70. The molecule has 1 atom stereocenters. The molecule has 0 fully saturated rings. The predicted molar refractivity (Wildman–Crippen MR) is 115 cm³/mol. The van der Waals surface area contributed by atoms with Gasteiger partial charge in [0.05, 0.1) is 16.7 Å². The first-order valence-corrected chi connectivity index (χ1v) is 11.2. The summed E-state index contributed by atoms with van der Waals surface area (Å²) in [7, 11) is 0. The Morgan fingerprint density at radius 2 is 1.82 bits per heavy atom. The highest BCUT2D eigenvalue weighted by Crippen LogP contribution is 2.43. The summed E-state index contributed by atoms with van der Waals surface area (Å²) < 4.78 is 1.66. The Morgan fingerprint density at radius 1 is 1.14 bits per heavy atom. The lowest BCUT2D eigenvalue weighted by Crippen LogP contribution is -2.17. The van der Waals surface area contributed by atoms with Crippen LogP contribution in [0.25, 0.3) is 5.95 Å². The van der Waals surface area contributed by atoms with Gasteiger partial charge in [-0.3, -0.25) is 4.79 Å². The Morgan fingerprint density at radius 3 is 2.46 bits per heavy atom. The number of carbonyl (C=O) groups excluding carboxylic acids is 1. The van der Waals surface area contributed by atoms with Crippen molar-refractivity contribution in [3.05, 3.63) is 58.5 Å². The Hall–Kier alpha value is -2.32. The first kappa shape index (κ1) is 19.0. The minimum absolute atomic E-state index is 0.0181. The normalized spacial score (nSPS) is 16.4. The molecule has 3 heterocycles. The summed E-state index contributed by atoms with van der Waals surface area (Å²) in [5.74, 6) is 1.48. The molecule has 1 aromatic carbocycles. The van der Waals surface area contributed by atoms with Crippen molar-refractivity contribution in [1.82, 2.24) is 19.7 Å². The summed E-state index contributed by atoms with van der Waals surface area (Å²) in [5.41, 5.74) is 4.76. The van der Waals surface area contributed by atoms with E-state index in [1.165, 1.54) is 4.90 Å². The molecule has 0 saturated heterocycles. The van der Waals surface area contributed by atoms with Crippen LogP contribution in [-0.4, -0.2) is 37.7 Å². The Kier molecular flexibility index (Phi) is 5.16. The van der Waals surface area contributed by atoms with Gasteiger partial charge in [0.15, 0.2) is 0 Å². The van der Waals surface area contributed by atoms with Gasteiger partial charge >= 0.3 is 0 Å². The topological polar surface area (TPSA) is 72.7 Å². The van der Waals surface area contributed by atoms with E-state index in [0.717, 1.165) is 28.2 Å². The first-order chi connectivity index (χ1) is 13.5. The van der Waals surface area contributed by atoms with Crippen LogP contribution in [0.4, 0.5) is 5.82 Å². The van der Waals surface area contributed by atoms with Crippen molar-refractivity contribution in [2.24, 2.45) is 0 Å². The molecule has 8 heteroatoms. The van der Waals surface area contributed by atoms with Crippen LogP contribution >= 0.6 is 23.5 Å². The maximum absolute atomic E-state index is 12.4. The van der Waals surface area contributed by atoms with Gasteiger partial charge in [0.2, 0.25) is 5.91 Å². The predicted octanol–water partition coefficient (Wildman–Crippen LogP) is 4.08. The molecule has 0 bridgehead atoms. The van der Waals surface area contributed by atoms with E-state index in [1.807, 2.05) is 26.8 Å². The number of fused-ring (bicyclic) bond motifs is 1. The Bertz CT molecular complexity index is 1030. The molecule has 1 N–H and O–H groups in total. The maximum atomic E-state index is 12.4. The van der Waals surface area contributed by atoms with Gasteiger partial charge in [-0.1, -0.05) is 12.1 Å². The van der Waals surface area contributed by atoms with Crippen molar-refractivity contribution in [3.63, 3.8) is 0 Å². The zero-order valence-electron chi connectivity index (χ0n) is 16.2. The summed E-state index contributed by atoms with van der Waals surface area (Å²) in [6.45, 7) is 5.83. The highest BCUT2D eigenvalue weighted by molar-refractivity contribution is 8.00. The van der Waals surface area contributed by atoms with Gasteiger partial charge in [-0.25, -0.2) is 9.97 Å². The second kappa shape index (κ2) is 7.60. The average Bonchev–Trinajstić information content (AvgIpc) is 2.87. The first-order valence-electron chi connectivity index (χ1n) is 8.94. The zero-order valence-corrected chi connectivity index (χ0v) is 17.8. The van der Waals surface area contributed by atoms with Crippen molar-refractivity contribution in [2.45, 2.75) is 30.9 Å². The second-order valence-electron chi connectivity index (χ2n) is 6.72. The van der Waals surface area contributed by atoms with Gasteiger partial charge in [0.1, 0.15) is 5.82 Å². The summed E-state index contributed by atoms with van der Waals surface area (Å²) in [6, 6.07) is 10.4. The molecular formula is C20H21N5OS2. The number of aryl methyl sites for hydroxylation is 3. The van der Waals surface area contributed by atoms with Crippen molar-refractivity contribution in [2.75, 3.05) is 17.3 Å². The van der Waals surface area contributed by atoms with Crippen LogP contribution in [0.3, 0.4) is 0 Å². The highest BCUT2D eigenvalue weighted by Gasteiger charge is 2.31. The van der Waals surface area contributed by atoms with Crippen molar-refractivity contribution < 1.29 is 4.79 Å². The SMILES string of the molecule is CSc1ccc(C2SCC(=O)Nc3c2c(C)nn3-c2nc(C)cc(C)n2)cc1. The zero-order chi connectivity index (χ0) is 19.8. The lowest BCUT2D eigenvalue weighted by Gasteiger charge is -2.15. The van der Waals surface area contributed by atoms with Crippen LogP contribution in [-0.2, 0) is 4.79 Å². The quantitative estimate of drug-likeness (QED) is 0.655. The van der Waals surface area contributed by atoms with Crippen LogP contribution < -0.4 is 5.32 Å². The molecule has 6 nitrogen and oxygen atoms in total. The number of nitrogens with zero attached hydrogens (tertiary/aromatic N) is 4. The van der Waals surface area contributed by atoms with E-state index in [0.29, 0.717) is 17.5 Å². The fourth-order valence-corrected chi connectivity index (χ4v) is 4.97. The molecule has 0 aliphatic carbocycles. The number of benzene rings is 1. The third-order valence-electron chi connectivity index (χ3n) is 4.59. The lowest BCUT2D eigenvalue weighted by molar-refractivity contribution is -0.113. The van der Waals surface area contributed by atoms with Crippen LogP contribution in [0.1, 0.15) is 33.5 Å². The van der Waals surface area contributed by atoms with Crippen molar-refractivity contribution in [1.29, 1.82) is 0 Å². The number of amides is 1. The molecule has 3 aromatic rings. The molecule has 1 unspecified atom stereocenters. The number of carbonyl (C=O) groups is 1. The fraction of sp³-hybridized carbons (Fsp3) is 0.300. The van der Waals surface area contributed by atoms with Crippen LogP contribution in [0.5, 0.6) is 0 Å². The molecule has 1 amide bonds. The van der Waals surface area contributed by atoms with E-state index in [1.54, 1.807) is 28.2 Å². The minimum Gasteiger partial charge on any atom is -0.309 e. The molecule has 1 aliphatic rings. The van der Waals surface area contributed by atoms with Crippen LogP contribution in [0.2, 0.25) is 0 Å². The van der Waals surface area contributed by atoms with E-state index >= 15 is 0 Å². The third-order valence-corrected chi connectivity index (χ3v) is 6.60. The number of hydrogen-bond acceptors (Lipinski definition) is 6. The molecule has 0 saturated carbocycles. The molecule has 4 rings (SSSR count). The number of nitrogens with one attached hydrogen (secondary N) is 1. The number of hydrogen-bond donors (Lipinski definition) is 1. The molecule has 0 radical (unpaired) electrons. The number of anilines is 1. The van der Waals surface area contributed by atoms with E-state index < -0.39 is 0 Å². The standard InChI is InChI=1S/C20H21N5OS2/c1-11-9-12(2)22-20(21-11)25-19-17(13(3)24-25)18(28-10-16(26)23-19)14-5-7-15(27-4)8-6-14/h5-9,18H,10H2,1-4H3,(H,23,26). The summed E-state index contributed by atoms with van der Waals surface area (Å²) in [4.78, 5) is 22.7. The van der Waals surface area contributed by atoms with Gasteiger partial charge in [-0.15, -0.1) is 23.5 Å². The van der Waals surface area contributed by atoms with E-state index in [9.17, 15) is 4.79 Å². The van der Waals surface area contributed by atoms with Gasteiger partial charge < -0.3 is 5.32 Å². The van der Waals surface area contributed by atoms with E-state index in [2.05, 4.69) is 50.9 Å². The van der Waals surface area contributed by atoms with E-state index in [-0.39, 0.29) is 11.2 Å². The molecule has 144 valence electrons. The molecular weight excluding hydrogens is 390 g/mol. The number of rotatable bonds is 3. The highest BCUT2D eigenvalue weighted by atomic mass is 32.2. The summed E-state index contributed by atoms with van der Waals surface area (Å²) in [6.07, 6.45) is 2.06. The van der Waals surface area contributed by atoms with Crippen LogP contribution in [0.15, 0.2) is 35.2 Å². The maximum Gasteiger partial charge on any atom is 0.252 e. The Labute approximate surface area is 172 Å². The van der Waals surface area contributed by atoms with Gasteiger partial charge in [-0.05, 0) is 50.8 Å². The lowest BCUT2D eigenvalue weighted by atomic mass is 10.0. The molecule has 0 spiro atoms. The number of thioether (sulfide) groups is 2. The van der Waals surface area contributed by atoms with Crippen molar-refractivity contribution in [3.8, 4) is 5.95 Å². The third kappa shape index (κ3) is 3.54. The van der Waals surface area contributed by atoms with Gasteiger partial charge in [0, 0.05) is 21.8 Å².